The Balaban J connectivity index is 1.78. The fourth-order valence-electron chi connectivity index (χ4n) is 3.50. The van der Waals surface area contributed by atoms with Crippen LogP contribution in [-0.2, 0) is 17.4 Å². The van der Waals surface area contributed by atoms with Gasteiger partial charge in [0, 0.05) is 12.0 Å². The van der Waals surface area contributed by atoms with Gasteiger partial charge in [0.05, 0.1) is 0 Å². The van der Waals surface area contributed by atoms with Crippen molar-refractivity contribution in [2.24, 2.45) is 0 Å². The number of hydrogen-bond acceptors (Lipinski definition) is 1. The summed E-state index contributed by atoms with van der Waals surface area (Å²) in [6.07, 6.45) is 1.63. The van der Waals surface area contributed by atoms with E-state index in [1.165, 1.54) is 22.3 Å². The second-order valence-corrected chi connectivity index (χ2v) is 8.46. The molecule has 28 heavy (non-hydrogen) atoms. The van der Waals surface area contributed by atoms with Gasteiger partial charge in [0.25, 0.3) is 0 Å². The second-order valence-electron chi connectivity index (χ2n) is 6.87. The SMILES string of the molecule is O=[P+](c1ccccc1)c1cccc(Cc2ccccc2)c1Cc1ccccc1. The monoisotopic (exact) mass is 381 g/mol. The lowest BCUT2D eigenvalue weighted by Crippen LogP contribution is -2.15. The van der Waals surface area contributed by atoms with Gasteiger partial charge in [0.2, 0.25) is 0 Å². The Kier molecular flexibility index (Phi) is 5.75. The zero-order valence-corrected chi connectivity index (χ0v) is 16.6. The predicted octanol–water partition coefficient (Wildman–Crippen LogP) is 5.65. The van der Waals surface area contributed by atoms with E-state index in [4.69, 9.17) is 0 Å². The van der Waals surface area contributed by atoms with Crippen molar-refractivity contribution in [2.45, 2.75) is 12.8 Å². The summed E-state index contributed by atoms with van der Waals surface area (Å²) in [5.41, 5.74) is 4.93. The van der Waals surface area contributed by atoms with E-state index in [0.29, 0.717) is 0 Å². The maximum absolute atomic E-state index is 13.4. The van der Waals surface area contributed by atoms with Crippen LogP contribution < -0.4 is 10.6 Å². The average Bonchev–Trinajstić information content (AvgIpc) is 2.76. The molecule has 0 amide bonds. The van der Waals surface area contributed by atoms with Gasteiger partial charge in [-0.3, -0.25) is 0 Å². The van der Waals surface area contributed by atoms with Crippen LogP contribution in [0.2, 0.25) is 0 Å². The number of rotatable bonds is 6. The second kappa shape index (κ2) is 8.78. The maximum atomic E-state index is 13.4. The topological polar surface area (TPSA) is 17.1 Å². The minimum atomic E-state index is -1.63. The maximum Gasteiger partial charge on any atom is 0.415 e. The third kappa shape index (κ3) is 4.27. The highest BCUT2D eigenvalue weighted by Gasteiger charge is 2.28. The van der Waals surface area contributed by atoms with Gasteiger partial charge in [0.1, 0.15) is 0 Å². The van der Waals surface area contributed by atoms with E-state index in [1.54, 1.807) is 0 Å². The van der Waals surface area contributed by atoms with Crippen LogP contribution in [0, 0.1) is 0 Å². The number of benzene rings is 4. The molecule has 1 unspecified atom stereocenters. The Morgan fingerprint density at radius 2 is 1.07 bits per heavy atom. The molecule has 1 atom stereocenters. The quantitative estimate of drug-likeness (QED) is 0.395. The van der Waals surface area contributed by atoms with Crippen molar-refractivity contribution < 1.29 is 4.57 Å². The fourth-order valence-corrected chi connectivity index (χ4v) is 4.91. The van der Waals surface area contributed by atoms with Crippen molar-refractivity contribution in [2.75, 3.05) is 0 Å². The summed E-state index contributed by atoms with van der Waals surface area (Å²) in [4.78, 5) is 0. The van der Waals surface area contributed by atoms with Crippen LogP contribution in [0.4, 0.5) is 0 Å². The van der Waals surface area contributed by atoms with Gasteiger partial charge in [-0.2, -0.15) is 0 Å². The fraction of sp³-hybridized carbons (Fsp3) is 0.0769. The molecule has 0 radical (unpaired) electrons. The zero-order valence-electron chi connectivity index (χ0n) is 15.7. The Morgan fingerprint density at radius 1 is 0.536 bits per heavy atom. The molecule has 2 heteroatoms. The van der Waals surface area contributed by atoms with Crippen LogP contribution >= 0.6 is 7.80 Å². The minimum absolute atomic E-state index is 0.785. The van der Waals surface area contributed by atoms with Crippen molar-refractivity contribution in [1.29, 1.82) is 0 Å². The molecule has 4 rings (SSSR count). The van der Waals surface area contributed by atoms with Gasteiger partial charge >= 0.3 is 7.80 Å². The predicted molar refractivity (Wildman–Crippen MR) is 118 cm³/mol. The summed E-state index contributed by atoms with van der Waals surface area (Å²) in [5.74, 6) is 0. The van der Waals surface area contributed by atoms with E-state index in [9.17, 15) is 4.57 Å². The highest BCUT2D eigenvalue weighted by molar-refractivity contribution is 7.61. The van der Waals surface area contributed by atoms with E-state index < -0.39 is 7.80 Å². The molecule has 1 nitrogen and oxygen atoms in total. The number of hydrogen-bond donors (Lipinski definition) is 0. The van der Waals surface area contributed by atoms with Crippen LogP contribution in [0.1, 0.15) is 22.3 Å². The highest BCUT2D eigenvalue weighted by atomic mass is 31.1. The molecule has 0 aromatic heterocycles. The third-order valence-corrected chi connectivity index (χ3v) is 6.54. The molecule has 136 valence electrons. The lowest BCUT2D eigenvalue weighted by molar-refractivity contribution is 0.598. The van der Waals surface area contributed by atoms with E-state index in [2.05, 4.69) is 54.6 Å². The smallest absolute Gasteiger partial charge is 0.0622 e. The van der Waals surface area contributed by atoms with Crippen LogP contribution in [0.3, 0.4) is 0 Å². The van der Waals surface area contributed by atoms with Gasteiger partial charge in [-0.05, 0) is 41.3 Å². The van der Waals surface area contributed by atoms with Crippen LogP contribution in [0.25, 0.3) is 0 Å². The first-order valence-electron chi connectivity index (χ1n) is 9.52. The Bertz CT molecular complexity index is 1060. The van der Waals surface area contributed by atoms with Crippen molar-refractivity contribution in [3.8, 4) is 0 Å². The van der Waals surface area contributed by atoms with Crippen molar-refractivity contribution in [1.82, 2.24) is 0 Å². The highest BCUT2D eigenvalue weighted by Crippen LogP contribution is 2.26. The summed E-state index contributed by atoms with van der Waals surface area (Å²) in [7, 11) is -1.63. The molecule has 0 bridgehead atoms. The van der Waals surface area contributed by atoms with Gasteiger partial charge < -0.3 is 0 Å². The Labute approximate surface area is 167 Å². The van der Waals surface area contributed by atoms with Crippen LogP contribution in [-0.4, -0.2) is 0 Å². The molecule has 0 aliphatic heterocycles. The normalized spacial score (nSPS) is 11.2. The largest absolute Gasteiger partial charge is 0.415 e. The summed E-state index contributed by atoms with van der Waals surface area (Å²) in [6.45, 7) is 0. The molecule has 0 N–H and O–H groups in total. The zero-order chi connectivity index (χ0) is 19.2. The summed E-state index contributed by atoms with van der Waals surface area (Å²) < 4.78 is 13.4. The van der Waals surface area contributed by atoms with Crippen molar-refractivity contribution >= 4 is 18.4 Å². The van der Waals surface area contributed by atoms with E-state index in [-0.39, 0.29) is 0 Å². The van der Waals surface area contributed by atoms with Gasteiger partial charge in [0.15, 0.2) is 10.6 Å². The molecule has 0 spiro atoms. The molecular weight excluding hydrogens is 359 g/mol. The summed E-state index contributed by atoms with van der Waals surface area (Å²) in [5, 5.41) is 1.82. The first kappa shape index (κ1) is 18.3. The third-order valence-electron chi connectivity index (χ3n) is 4.92. The molecular formula is C26H22OP+. The summed E-state index contributed by atoms with van der Waals surface area (Å²) >= 11 is 0. The van der Waals surface area contributed by atoms with E-state index in [0.717, 1.165) is 23.5 Å². The molecule has 0 aliphatic rings. The van der Waals surface area contributed by atoms with Crippen LogP contribution in [0.5, 0.6) is 0 Å². The molecule has 0 heterocycles. The minimum Gasteiger partial charge on any atom is -0.0622 e. The van der Waals surface area contributed by atoms with E-state index in [1.807, 2.05) is 54.6 Å². The first-order valence-corrected chi connectivity index (χ1v) is 10.8. The van der Waals surface area contributed by atoms with Crippen molar-refractivity contribution in [3.63, 3.8) is 0 Å². The molecule has 4 aromatic carbocycles. The first-order chi connectivity index (χ1) is 13.8. The average molecular weight is 381 g/mol. The lowest BCUT2D eigenvalue weighted by Gasteiger charge is -2.11. The van der Waals surface area contributed by atoms with Gasteiger partial charge in [-0.15, -0.1) is 0 Å². The molecule has 0 fully saturated rings. The van der Waals surface area contributed by atoms with E-state index >= 15 is 0 Å². The van der Waals surface area contributed by atoms with Gasteiger partial charge in [-0.1, -0.05) is 95.6 Å². The van der Waals surface area contributed by atoms with Crippen molar-refractivity contribution in [3.05, 3.63) is 131 Å². The summed E-state index contributed by atoms with van der Waals surface area (Å²) in [6, 6.07) is 36.9. The molecule has 0 saturated heterocycles. The van der Waals surface area contributed by atoms with Gasteiger partial charge in [-0.25, -0.2) is 0 Å². The standard InChI is InChI=1S/C26H22OP/c27-28(24-16-8-3-9-17-24)26-18-10-15-23(19-21-11-4-1-5-12-21)25(26)20-22-13-6-2-7-14-22/h1-18H,19-20H2/q+1. The molecule has 0 saturated carbocycles. The van der Waals surface area contributed by atoms with Crippen LogP contribution in [0.15, 0.2) is 109 Å². The Hall–Kier alpha value is -3.02. The molecule has 0 aliphatic carbocycles. The lowest BCUT2D eigenvalue weighted by atomic mass is 9.95. The molecule has 4 aromatic rings. The Morgan fingerprint density at radius 3 is 1.68 bits per heavy atom.